The average Bonchev–Trinajstić information content (AvgIpc) is 2.63. The average molecular weight is 368 g/mol. The van der Waals surface area contributed by atoms with E-state index >= 15 is 0 Å². The number of anilines is 1. The maximum atomic E-state index is 12.1. The molecule has 0 amide bonds. The third kappa shape index (κ3) is 4.05. The first-order valence-corrected chi connectivity index (χ1v) is 9.04. The number of allylic oxidation sites excluding steroid dienone is 2. The molecule has 142 valence electrons. The van der Waals surface area contributed by atoms with Gasteiger partial charge < -0.3 is 19.5 Å². The van der Waals surface area contributed by atoms with Crippen molar-refractivity contribution in [1.82, 2.24) is 4.98 Å². The minimum atomic E-state index is -0.728. The molecule has 0 saturated heterocycles. The second kappa shape index (κ2) is 8.12. The smallest absolute Gasteiger partial charge is 0.475 e. The number of aromatic nitrogens is 1. The van der Waals surface area contributed by atoms with Gasteiger partial charge in [0.2, 0.25) is 5.88 Å². The number of ether oxygens (including phenoxy) is 3. The van der Waals surface area contributed by atoms with Crippen LogP contribution in [0.3, 0.4) is 0 Å². The molecule has 0 bridgehead atoms. The summed E-state index contributed by atoms with van der Waals surface area (Å²) in [6, 6.07) is 11.7. The first-order chi connectivity index (χ1) is 13.0. The van der Waals surface area contributed by atoms with Gasteiger partial charge in [0.1, 0.15) is 5.76 Å². The lowest BCUT2D eigenvalue weighted by Crippen LogP contribution is -2.23. The lowest BCUT2D eigenvalue weighted by molar-refractivity contribution is 0.0775. The zero-order chi connectivity index (χ0) is 19.4. The summed E-state index contributed by atoms with van der Waals surface area (Å²) in [4.78, 5) is 16.5. The highest BCUT2D eigenvalue weighted by Crippen LogP contribution is 2.45. The SMILES string of the molecule is CCOC(=O)OC1=C(C)Nc2ccnc(OC(C)C)c2C1c1ccccc1. The summed E-state index contributed by atoms with van der Waals surface area (Å²) in [7, 11) is 0. The van der Waals surface area contributed by atoms with Crippen molar-refractivity contribution in [2.45, 2.75) is 39.7 Å². The number of hydrogen-bond acceptors (Lipinski definition) is 6. The van der Waals surface area contributed by atoms with Crippen LogP contribution in [0.4, 0.5) is 10.5 Å². The zero-order valence-corrected chi connectivity index (χ0v) is 16.0. The summed E-state index contributed by atoms with van der Waals surface area (Å²) in [6.45, 7) is 7.76. The Morgan fingerprint density at radius 2 is 1.96 bits per heavy atom. The minimum absolute atomic E-state index is 0.0400. The van der Waals surface area contributed by atoms with Crippen LogP contribution in [0.2, 0.25) is 0 Å². The van der Waals surface area contributed by atoms with Gasteiger partial charge in [0.05, 0.1) is 29.9 Å². The van der Waals surface area contributed by atoms with E-state index in [2.05, 4.69) is 10.3 Å². The van der Waals surface area contributed by atoms with Gasteiger partial charge in [0.15, 0.2) is 0 Å². The second-order valence-corrected chi connectivity index (χ2v) is 6.49. The summed E-state index contributed by atoms with van der Waals surface area (Å²) in [6.07, 6.45) is 0.936. The van der Waals surface area contributed by atoms with Crippen LogP contribution in [0, 0.1) is 0 Å². The lowest BCUT2D eigenvalue weighted by atomic mass is 9.86. The zero-order valence-electron chi connectivity index (χ0n) is 16.0. The highest BCUT2D eigenvalue weighted by molar-refractivity contribution is 5.70. The molecule has 3 rings (SSSR count). The third-order valence-corrected chi connectivity index (χ3v) is 4.13. The highest BCUT2D eigenvalue weighted by atomic mass is 16.7. The van der Waals surface area contributed by atoms with E-state index in [4.69, 9.17) is 14.2 Å². The largest absolute Gasteiger partial charge is 0.513 e. The van der Waals surface area contributed by atoms with Crippen molar-refractivity contribution in [2.24, 2.45) is 0 Å². The van der Waals surface area contributed by atoms with Gasteiger partial charge in [-0.1, -0.05) is 30.3 Å². The molecule has 1 atom stereocenters. The molecule has 0 aliphatic carbocycles. The van der Waals surface area contributed by atoms with Crippen molar-refractivity contribution in [3.63, 3.8) is 0 Å². The van der Waals surface area contributed by atoms with Crippen molar-refractivity contribution in [2.75, 3.05) is 11.9 Å². The predicted octanol–water partition coefficient (Wildman–Crippen LogP) is 4.83. The molecule has 1 aliphatic rings. The standard InChI is InChI=1S/C21H24N2O4/c1-5-25-21(24)27-19-14(4)23-16-11-12-22-20(26-13(2)3)18(16)17(19)15-9-7-6-8-10-15/h6-13,17,23H,5H2,1-4H3. The van der Waals surface area contributed by atoms with E-state index in [-0.39, 0.29) is 18.6 Å². The van der Waals surface area contributed by atoms with E-state index in [0.717, 1.165) is 22.5 Å². The Balaban J connectivity index is 2.14. The van der Waals surface area contributed by atoms with Crippen LogP contribution >= 0.6 is 0 Å². The van der Waals surface area contributed by atoms with E-state index in [1.165, 1.54) is 0 Å². The second-order valence-electron chi connectivity index (χ2n) is 6.49. The van der Waals surface area contributed by atoms with Crippen LogP contribution < -0.4 is 10.1 Å². The Labute approximate surface area is 159 Å². The molecule has 0 radical (unpaired) electrons. The Morgan fingerprint density at radius 3 is 2.63 bits per heavy atom. The predicted molar refractivity (Wildman–Crippen MR) is 103 cm³/mol. The number of carbonyl (C=O) groups excluding carboxylic acids is 1. The van der Waals surface area contributed by atoms with Crippen molar-refractivity contribution in [1.29, 1.82) is 0 Å². The van der Waals surface area contributed by atoms with Gasteiger partial charge in [0.25, 0.3) is 0 Å². The Hall–Kier alpha value is -3.02. The topological polar surface area (TPSA) is 69.7 Å². The molecule has 0 spiro atoms. The molecule has 27 heavy (non-hydrogen) atoms. The lowest BCUT2D eigenvalue weighted by Gasteiger charge is -2.31. The van der Waals surface area contributed by atoms with E-state index in [0.29, 0.717) is 11.6 Å². The van der Waals surface area contributed by atoms with Gasteiger partial charge in [-0.05, 0) is 39.3 Å². The summed E-state index contributed by atoms with van der Waals surface area (Å²) in [5, 5.41) is 3.30. The Bertz CT molecular complexity index is 847. The number of fused-ring (bicyclic) bond motifs is 1. The van der Waals surface area contributed by atoms with E-state index in [1.807, 2.05) is 57.2 Å². The van der Waals surface area contributed by atoms with Gasteiger partial charge in [-0.15, -0.1) is 0 Å². The van der Waals surface area contributed by atoms with Crippen LogP contribution in [-0.2, 0) is 9.47 Å². The highest BCUT2D eigenvalue weighted by Gasteiger charge is 2.34. The molecule has 1 aromatic heterocycles. The van der Waals surface area contributed by atoms with Crippen LogP contribution in [0.15, 0.2) is 54.1 Å². The molecular formula is C21H24N2O4. The van der Waals surface area contributed by atoms with Crippen LogP contribution in [0.5, 0.6) is 5.88 Å². The number of rotatable bonds is 5. The Kier molecular flexibility index (Phi) is 5.64. The van der Waals surface area contributed by atoms with E-state index in [1.54, 1.807) is 13.1 Å². The summed E-state index contributed by atoms with van der Waals surface area (Å²) in [5.74, 6) is 0.657. The summed E-state index contributed by atoms with van der Waals surface area (Å²) < 4.78 is 16.5. The molecule has 1 aromatic carbocycles. The fourth-order valence-corrected chi connectivity index (χ4v) is 3.11. The molecule has 6 nitrogen and oxygen atoms in total. The molecule has 2 aromatic rings. The van der Waals surface area contributed by atoms with Crippen molar-refractivity contribution >= 4 is 11.8 Å². The number of hydrogen-bond donors (Lipinski definition) is 1. The van der Waals surface area contributed by atoms with Crippen molar-refractivity contribution in [3.8, 4) is 5.88 Å². The quantitative estimate of drug-likeness (QED) is 0.762. The molecule has 2 heterocycles. The third-order valence-electron chi connectivity index (χ3n) is 4.13. The van der Waals surface area contributed by atoms with Crippen LogP contribution in [-0.4, -0.2) is 23.9 Å². The van der Waals surface area contributed by atoms with Gasteiger partial charge in [-0.2, -0.15) is 0 Å². The molecule has 6 heteroatoms. The number of carbonyl (C=O) groups is 1. The molecule has 1 N–H and O–H groups in total. The van der Waals surface area contributed by atoms with Crippen molar-refractivity contribution in [3.05, 3.63) is 65.2 Å². The van der Waals surface area contributed by atoms with Gasteiger partial charge in [-0.3, -0.25) is 0 Å². The fraction of sp³-hybridized carbons (Fsp3) is 0.333. The molecular weight excluding hydrogens is 344 g/mol. The monoisotopic (exact) mass is 368 g/mol. The number of nitrogens with zero attached hydrogens (tertiary/aromatic N) is 1. The molecule has 0 saturated carbocycles. The normalized spacial score (nSPS) is 15.8. The summed E-state index contributed by atoms with van der Waals surface area (Å²) in [5.41, 5.74) is 3.43. The van der Waals surface area contributed by atoms with Crippen LogP contribution in [0.1, 0.15) is 44.7 Å². The van der Waals surface area contributed by atoms with Gasteiger partial charge in [-0.25, -0.2) is 9.78 Å². The van der Waals surface area contributed by atoms with Crippen molar-refractivity contribution < 1.29 is 19.0 Å². The number of nitrogens with one attached hydrogen (secondary N) is 1. The van der Waals surface area contributed by atoms with Gasteiger partial charge >= 0.3 is 6.16 Å². The van der Waals surface area contributed by atoms with E-state index < -0.39 is 6.16 Å². The molecule has 0 fully saturated rings. The Morgan fingerprint density at radius 1 is 1.22 bits per heavy atom. The van der Waals surface area contributed by atoms with Gasteiger partial charge in [0, 0.05) is 11.9 Å². The number of benzene rings is 1. The first kappa shape index (κ1) is 18.8. The van der Waals surface area contributed by atoms with E-state index in [9.17, 15) is 4.79 Å². The molecule has 1 unspecified atom stereocenters. The van der Waals surface area contributed by atoms with Crippen LogP contribution in [0.25, 0.3) is 0 Å². The minimum Gasteiger partial charge on any atom is -0.475 e. The fourth-order valence-electron chi connectivity index (χ4n) is 3.11. The maximum absolute atomic E-state index is 12.1. The maximum Gasteiger partial charge on any atom is 0.513 e. The first-order valence-electron chi connectivity index (χ1n) is 9.04. The summed E-state index contributed by atoms with van der Waals surface area (Å²) >= 11 is 0. The number of pyridine rings is 1. The molecule has 1 aliphatic heterocycles.